The lowest BCUT2D eigenvalue weighted by molar-refractivity contribution is 0.0932. The molecule has 3 N–H and O–H groups in total. The van der Waals surface area contributed by atoms with E-state index in [0.717, 1.165) is 41.9 Å². The number of phenolic OH excluding ortho intramolecular Hbond substituents is 1. The number of phenols is 1. The number of carbonyl (C=O) groups excluding carboxylic acids is 1. The molecule has 1 aromatic heterocycles. The van der Waals surface area contributed by atoms with Crippen molar-refractivity contribution in [2.24, 2.45) is 5.92 Å². The molecule has 0 saturated heterocycles. The number of Topliss-reactive ketones (excluding diaryl/α,β-unsaturated/α-hetero) is 1. The maximum atomic E-state index is 13.8. The number of H-pyrrole nitrogens is 1. The monoisotopic (exact) mass is 404 g/mol. The molecule has 1 aromatic carbocycles. The first-order valence-electron chi connectivity index (χ1n) is 10.9. The first-order chi connectivity index (χ1) is 14.6. The minimum absolute atomic E-state index is 0.0666. The molecule has 0 spiro atoms. The molecule has 1 aliphatic carbocycles. The average Bonchev–Trinajstić information content (AvgIpc) is 3.09. The van der Waals surface area contributed by atoms with Gasteiger partial charge in [0.15, 0.2) is 5.78 Å². The number of aromatic nitrogens is 1. The summed E-state index contributed by atoms with van der Waals surface area (Å²) in [5.74, 6) is 0.504. The standard InChI is InChI=1S/C26H32N2O2/c1-3-11-22-23(18-27-24(22)12-4-2)26(30)25(19-13-8-6-5-7-9-14-19)28-20-15-10-16-21(29)17-20/h3-4,10-12,15-19,25,27-29H,1-2,5-9,13-14H2/b22-11-,24-12+. The summed E-state index contributed by atoms with van der Waals surface area (Å²) in [5, 5.41) is 15.0. The third-order valence-corrected chi connectivity index (χ3v) is 5.86. The molecule has 1 unspecified atom stereocenters. The van der Waals surface area contributed by atoms with Crippen LogP contribution in [0.5, 0.6) is 5.75 Å². The average molecular weight is 405 g/mol. The summed E-state index contributed by atoms with van der Waals surface area (Å²) in [5.41, 5.74) is 1.42. The van der Waals surface area contributed by atoms with Crippen molar-refractivity contribution in [1.82, 2.24) is 4.98 Å². The summed E-state index contributed by atoms with van der Waals surface area (Å²) in [6.45, 7) is 7.58. The Kier molecular flexibility index (Phi) is 7.72. The summed E-state index contributed by atoms with van der Waals surface area (Å²) in [6, 6.07) is 6.65. The van der Waals surface area contributed by atoms with Crippen molar-refractivity contribution < 1.29 is 9.90 Å². The fraction of sp³-hybridized carbons (Fsp3) is 0.346. The highest BCUT2D eigenvalue weighted by Crippen LogP contribution is 2.29. The third-order valence-electron chi connectivity index (χ3n) is 5.86. The number of anilines is 1. The lowest BCUT2D eigenvalue weighted by Gasteiger charge is -2.29. The predicted molar refractivity (Wildman–Crippen MR) is 125 cm³/mol. The molecule has 2 aromatic rings. The van der Waals surface area contributed by atoms with Crippen LogP contribution in [0, 0.1) is 5.92 Å². The minimum Gasteiger partial charge on any atom is -0.508 e. The van der Waals surface area contributed by atoms with Crippen LogP contribution in [0.4, 0.5) is 5.69 Å². The Morgan fingerprint density at radius 1 is 1.10 bits per heavy atom. The fourth-order valence-corrected chi connectivity index (χ4v) is 4.37. The van der Waals surface area contributed by atoms with Crippen molar-refractivity contribution in [3.05, 3.63) is 71.9 Å². The zero-order chi connectivity index (χ0) is 21.3. The second-order valence-corrected chi connectivity index (χ2v) is 7.98. The number of hydrogen-bond donors (Lipinski definition) is 3. The van der Waals surface area contributed by atoms with E-state index >= 15 is 0 Å². The highest BCUT2D eigenvalue weighted by Gasteiger charge is 2.30. The number of aromatic amines is 1. The molecular formula is C26H32N2O2. The van der Waals surface area contributed by atoms with Gasteiger partial charge in [-0.1, -0.05) is 69.6 Å². The largest absolute Gasteiger partial charge is 0.508 e. The zero-order valence-corrected chi connectivity index (χ0v) is 17.6. The number of carbonyl (C=O) groups is 1. The lowest BCUT2D eigenvalue weighted by atomic mass is 9.82. The molecule has 4 nitrogen and oxygen atoms in total. The van der Waals surface area contributed by atoms with Gasteiger partial charge in [-0.25, -0.2) is 0 Å². The maximum absolute atomic E-state index is 13.8. The molecule has 3 rings (SSSR count). The van der Waals surface area contributed by atoms with Crippen LogP contribution in [-0.4, -0.2) is 21.9 Å². The van der Waals surface area contributed by atoms with Crippen LogP contribution in [0.25, 0.3) is 12.2 Å². The molecule has 0 radical (unpaired) electrons. The first-order valence-corrected chi connectivity index (χ1v) is 10.9. The minimum atomic E-state index is -0.353. The van der Waals surface area contributed by atoms with Gasteiger partial charge in [-0.3, -0.25) is 4.79 Å². The highest BCUT2D eigenvalue weighted by atomic mass is 16.3. The highest BCUT2D eigenvalue weighted by molar-refractivity contribution is 6.02. The van der Waals surface area contributed by atoms with Gasteiger partial charge in [0.25, 0.3) is 0 Å². The van der Waals surface area contributed by atoms with Crippen LogP contribution >= 0.6 is 0 Å². The SMILES string of the molecule is C=C/C=c1/c(C(=O)C(Nc2cccc(O)c2)C2CCCCCCC2)c[nH]/c1=C/C=C. The number of rotatable bonds is 7. The van der Waals surface area contributed by atoms with Crippen LogP contribution in [0.2, 0.25) is 0 Å². The van der Waals surface area contributed by atoms with Gasteiger partial charge < -0.3 is 15.4 Å². The number of aromatic hydroxyl groups is 1. The molecule has 158 valence electrons. The lowest BCUT2D eigenvalue weighted by Crippen LogP contribution is -2.40. The number of ketones is 1. The van der Waals surface area contributed by atoms with E-state index in [2.05, 4.69) is 23.5 Å². The quantitative estimate of drug-likeness (QED) is 0.587. The molecule has 0 bridgehead atoms. The summed E-state index contributed by atoms with van der Waals surface area (Å²) in [7, 11) is 0. The van der Waals surface area contributed by atoms with Crippen molar-refractivity contribution >= 4 is 23.6 Å². The van der Waals surface area contributed by atoms with E-state index in [1.54, 1.807) is 36.5 Å². The summed E-state index contributed by atoms with van der Waals surface area (Å²) >= 11 is 0. The molecule has 4 heteroatoms. The summed E-state index contributed by atoms with van der Waals surface area (Å²) < 4.78 is 0. The Hall–Kier alpha value is -3.01. The van der Waals surface area contributed by atoms with Crippen LogP contribution in [0.1, 0.15) is 55.3 Å². The Balaban J connectivity index is 2.01. The summed E-state index contributed by atoms with van der Waals surface area (Å²) in [4.78, 5) is 17.0. The third kappa shape index (κ3) is 5.32. The van der Waals surface area contributed by atoms with Gasteiger partial charge in [0.2, 0.25) is 0 Å². The van der Waals surface area contributed by atoms with E-state index in [9.17, 15) is 9.90 Å². The van der Waals surface area contributed by atoms with E-state index in [1.165, 1.54) is 19.3 Å². The van der Waals surface area contributed by atoms with Crippen LogP contribution in [0.3, 0.4) is 0 Å². The predicted octanol–water partition coefficient (Wildman–Crippen LogP) is 4.68. The molecule has 30 heavy (non-hydrogen) atoms. The van der Waals surface area contributed by atoms with Gasteiger partial charge in [-0.2, -0.15) is 0 Å². The van der Waals surface area contributed by atoms with Gasteiger partial charge in [-0.05, 0) is 37.0 Å². The van der Waals surface area contributed by atoms with Crippen molar-refractivity contribution in [3.63, 3.8) is 0 Å². The molecular weight excluding hydrogens is 372 g/mol. The molecule has 1 aliphatic rings. The van der Waals surface area contributed by atoms with Crippen LogP contribution < -0.4 is 15.9 Å². The van der Waals surface area contributed by atoms with E-state index in [-0.39, 0.29) is 23.5 Å². The molecule has 1 fully saturated rings. The Labute approximate surface area is 178 Å². The first kappa shape index (κ1) is 21.7. The normalized spacial score (nSPS) is 17.7. The number of nitrogens with one attached hydrogen (secondary N) is 2. The van der Waals surface area contributed by atoms with Crippen molar-refractivity contribution in [2.45, 2.75) is 51.0 Å². The van der Waals surface area contributed by atoms with Gasteiger partial charge in [0.1, 0.15) is 5.75 Å². The number of benzene rings is 1. The second kappa shape index (κ2) is 10.7. The molecule has 0 amide bonds. The molecule has 1 heterocycles. The molecule has 1 saturated carbocycles. The number of allylic oxidation sites excluding steroid dienone is 2. The fourth-order valence-electron chi connectivity index (χ4n) is 4.37. The van der Waals surface area contributed by atoms with E-state index in [4.69, 9.17) is 0 Å². The van der Waals surface area contributed by atoms with Gasteiger partial charge in [0.05, 0.1) is 6.04 Å². The van der Waals surface area contributed by atoms with Crippen molar-refractivity contribution in [3.8, 4) is 5.75 Å². The van der Waals surface area contributed by atoms with Gasteiger partial charge in [0, 0.05) is 34.1 Å². The Morgan fingerprint density at radius 2 is 1.80 bits per heavy atom. The summed E-state index contributed by atoms with van der Waals surface area (Å²) in [6.07, 6.45) is 17.0. The van der Waals surface area contributed by atoms with E-state index < -0.39 is 0 Å². The zero-order valence-electron chi connectivity index (χ0n) is 17.6. The van der Waals surface area contributed by atoms with Crippen molar-refractivity contribution in [2.75, 3.05) is 5.32 Å². The maximum Gasteiger partial charge on any atom is 0.187 e. The van der Waals surface area contributed by atoms with Gasteiger partial charge in [-0.15, -0.1) is 0 Å². The van der Waals surface area contributed by atoms with E-state index in [0.29, 0.717) is 5.56 Å². The van der Waals surface area contributed by atoms with E-state index in [1.807, 2.05) is 18.2 Å². The van der Waals surface area contributed by atoms with Gasteiger partial charge >= 0.3 is 0 Å². The smallest absolute Gasteiger partial charge is 0.187 e. The second-order valence-electron chi connectivity index (χ2n) is 7.98. The Bertz CT molecular complexity index is 994. The topological polar surface area (TPSA) is 65.1 Å². The van der Waals surface area contributed by atoms with Crippen molar-refractivity contribution in [1.29, 1.82) is 0 Å². The number of hydrogen-bond acceptors (Lipinski definition) is 3. The molecule has 1 atom stereocenters. The van der Waals surface area contributed by atoms with Crippen LogP contribution in [-0.2, 0) is 0 Å². The molecule has 0 aliphatic heterocycles. The Morgan fingerprint density at radius 3 is 2.47 bits per heavy atom. The van der Waals surface area contributed by atoms with Crippen LogP contribution in [0.15, 0.2) is 55.8 Å².